The fraction of sp³-hybridized carbons (Fsp3) is 0.263. The van der Waals surface area contributed by atoms with Crippen LogP contribution in [0, 0.1) is 0 Å². The zero-order valence-electron chi connectivity index (χ0n) is 16.6. The minimum Gasteiger partial charge on any atom is -0.345 e. The molecule has 0 unspecified atom stereocenters. The third kappa shape index (κ3) is 4.27. The van der Waals surface area contributed by atoms with Crippen LogP contribution in [0.1, 0.15) is 10.4 Å². The van der Waals surface area contributed by atoms with Crippen LogP contribution in [0.3, 0.4) is 0 Å². The molecule has 10 nitrogen and oxygen atoms in total. The van der Waals surface area contributed by atoms with E-state index >= 15 is 0 Å². The van der Waals surface area contributed by atoms with E-state index < -0.39 is 20.0 Å². The molecule has 1 saturated heterocycles. The number of H-pyrrole nitrogens is 1. The number of amides is 1. The summed E-state index contributed by atoms with van der Waals surface area (Å²) in [5.41, 5.74) is 0.896. The standard InChI is InChI=1S/C19H21N5O5S2/c1-30(26,27)22-16-7-3-2-5-14(16)19(25)23-9-11-24(12-10-23)31(28,29)17-13-21-18-15(17)6-4-8-20-18/h2-8,13,22H,9-12H2,1H3,(H,20,21). The number of anilines is 1. The highest BCUT2D eigenvalue weighted by Crippen LogP contribution is 2.26. The topological polar surface area (TPSA) is 133 Å². The van der Waals surface area contributed by atoms with E-state index in [0.717, 1.165) is 6.26 Å². The number of hydrogen-bond donors (Lipinski definition) is 2. The Morgan fingerprint density at radius 1 is 1.03 bits per heavy atom. The van der Waals surface area contributed by atoms with Gasteiger partial charge in [-0.3, -0.25) is 9.52 Å². The molecule has 12 heteroatoms. The van der Waals surface area contributed by atoms with Crippen molar-refractivity contribution in [2.24, 2.45) is 0 Å². The van der Waals surface area contributed by atoms with Crippen LogP contribution in [-0.4, -0.2) is 74.4 Å². The molecule has 0 aliphatic carbocycles. The Balaban J connectivity index is 1.51. The summed E-state index contributed by atoms with van der Waals surface area (Å²) in [6, 6.07) is 9.69. The first-order valence-corrected chi connectivity index (χ1v) is 12.8. The van der Waals surface area contributed by atoms with Gasteiger partial charge in [0.15, 0.2) is 0 Å². The number of benzene rings is 1. The minimum atomic E-state index is -3.76. The Morgan fingerprint density at radius 3 is 2.45 bits per heavy atom. The highest BCUT2D eigenvalue weighted by atomic mass is 32.2. The normalized spacial score (nSPS) is 15.8. The number of rotatable bonds is 5. The summed E-state index contributed by atoms with van der Waals surface area (Å²) in [6.07, 6.45) is 4.02. The molecule has 1 fully saturated rings. The van der Waals surface area contributed by atoms with Crippen LogP contribution in [0.2, 0.25) is 0 Å². The molecule has 2 N–H and O–H groups in total. The van der Waals surface area contributed by atoms with E-state index in [1.165, 1.54) is 27.5 Å². The third-order valence-electron chi connectivity index (χ3n) is 5.01. The molecule has 164 valence electrons. The van der Waals surface area contributed by atoms with Crippen molar-refractivity contribution in [3.05, 3.63) is 54.4 Å². The lowest BCUT2D eigenvalue weighted by Gasteiger charge is -2.34. The number of aromatic amines is 1. The van der Waals surface area contributed by atoms with Gasteiger partial charge in [0, 0.05) is 44.0 Å². The first-order chi connectivity index (χ1) is 14.7. The van der Waals surface area contributed by atoms with Gasteiger partial charge in [0.1, 0.15) is 10.5 Å². The van der Waals surface area contributed by atoms with E-state index in [1.54, 1.807) is 30.5 Å². The molecule has 1 aromatic carbocycles. The van der Waals surface area contributed by atoms with Crippen LogP contribution in [0.4, 0.5) is 5.69 Å². The summed E-state index contributed by atoms with van der Waals surface area (Å²) in [7, 11) is -7.31. The molecule has 1 amide bonds. The third-order valence-corrected chi connectivity index (χ3v) is 7.54. The zero-order chi connectivity index (χ0) is 22.2. The second kappa shape index (κ2) is 7.94. The van der Waals surface area contributed by atoms with Crippen LogP contribution < -0.4 is 4.72 Å². The van der Waals surface area contributed by atoms with Gasteiger partial charge in [-0.15, -0.1) is 0 Å². The van der Waals surface area contributed by atoms with Crippen molar-refractivity contribution in [2.45, 2.75) is 4.90 Å². The van der Waals surface area contributed by atoms with E-state index in [2.05, 4.69) is 14.7 Å². The molecule has 31 heavy (non-hydrogen) atoms. The Hall–Kier alpha value is -2.96. The van der Waals surface area contributed by atoms with Crippen molar-refractivity contribution in [1.29, 1.82) is 0 Å². The van der Waals surface area contributed by atoms with Crippen molar-refractivity contribution in [1.82, 2.24) is 19.2 Å². The van der Waals surface area contributed by atoms with Crippen molar-refractivity contribution in [3.63, 3.8) is 0 Å². The van der Waals surface area contributed by atoms with E-state index in [0.29, 0.717) is 11.0 Å². The largest absolute Gasteiger partial charge is 0.345 e. The lowest BCUT2D eigenvalue weighted by molar-refractivity contribution is 0.0699. The number of para-hydroxylation sites is 1. The average Bonchev–Trinajstić information content (AvgIpc) is 3.18. The van der Waals surface area contributed by atoms with Gasteiger partial charge in [0.25, 0.3) is 5.91 Å². The smallest absolute Gasteiger partial charge is 0.256 e. The van der Waals surface area contributed by atoms with Crippen LogP contribution in [0.15, 0.2) is 53.7 Å². The number of piperazine rings is 1. The van der Waals surface area contributed by atoms with Gasteiger partial charge >= 0.3 is 0 Å². The minimum absolute atomic E-state index is 0.128. The highest BCUT2D eigenvalue weighted by molar-refractivity contribution is 7.92. The SMILES string of the molecule is CS(=O)(=O)Nc1ccccc1C(=O)N1CCN(S(=O)(=O)c2c[nH]c3ncccc23)CC1. The molecule has 0 bridgehead atoms. The van der Waals surface area contributed by atoms with Crippen LogP contribution >= 0.6 is 0 Å². The molecule has 4 rings (SSSR count). The second-order valence-electron chi connectivity index (χ2n) is 7.17. The maximum atomic E-state index is 13.1. The van der Waals surface area contributed by atoms with Crippen molar-refractivity contribution in [3.8, 4) is 0 Å². The van der Waals surface area contributed by atoms with E-state index in [-0.39, 0.29) is 48.2 Å². The lowest BCUT2D eigenvalue weighted by atomic mass is 10.1. The highest BCUT2D eigenvalue weighted by Gasteiger charge is 2.32. The Kier molecular flexibility index (Phi) is 5.45. The summed E-state index contributed by atoms with van der Waals surface area (Å²) in [6.45, 7) is 0.628. The quantitative estimate of drug-likeness (QED) is 0.582. The summed E-state index contributed by atoms with van der Waals surface area (Å²) in [5.74, 6) is -0.361. The lowest BCUT2D eigenvalue weighted by Crippen LogP contribution is -2.50. The van der Waals surface area contributed by atoms with Crippen molar-refractivity contribution in [2.75, 3.05) is 37.2 Å². The maximum Gasteiger partial charge on any atom is 0.256 e. The molecule has 1 aliphatic rings. The molecule has 0 spiro atoms. The molecule has 3 heterocycles. The van der Waals surface area contributed by atoms with Gasteiger partial charge in [0.05, 0.1) is 17.5 Å². The monoisotopic (exact) mass is 463 g/mol. The predicted octanol–water partition coefficient (Wildman–Crippen LogP) is 1.08. The first-order valence-electron chi connectivity index (χ1n) is 9.45. The zero-order valence-corrected chi connectivity index (χ0v) is 18.3. The van der Waals surface area contributed by atoms with Crippen LogP contribution in [0.25, 0.3) is 11.0 Å². The van der Waals surface area contributed by atoms with Crippen molar-refractivity contribution < 1.29 is 21.6 Å². The van der Waals surface area contributed by atoms with Crippen molar-refractivity contribution >= 4 is 42.7 Å². The Morgan fingerprint density at radius 2 is 1.74 bits per heavy atom. The predicted molar refractivity (Wildman–Crippen MR) is 116 cm³/mol. The second-order valence-corrected chi connectivity index (χ2v) is 10.8. The van der Waals surface area contributed by atoms with E-state index in [9.17, 15) is 21.6 Å². The van der Waals surface area contributed by atoms with E-state index in [1.807, 2.05) is 0 Å². The molecule has 3 aromatic rings. The van der Waals surface area contributed by atoms with Gasteiger partial charge in [-0.05, 0) is 24.3 Å². The number of aromatic nitrogens is 2. The molecule has 1 aliphatic heterocycles. The average molecular weight is 464 g/mol. The summed E-state index contributed by atoms with van der Waals surface area (Å²) in [5, 5.41) is 0.516. The van der Waals surface area contributed by atoms with Crippen LogP contribution in [0.5, 0.6) is 0 Å². The first kappa shape index (κ1) is 21.3. The number of nitrogens with zero attached hydrogens (tertiary/aromatic N) is 3. The van der Waals surface area contributed by atoms with Gasteiger partial charge < -0.3 is 9.88 Å². The number of hydrogen-bond acceptors (Lipinski definition) is 6. The number of pyridine rings is 1. The Labute approximate surface area is 180 Å². The van der Waals surface area contributed by atoms with E-state index in [4.69, 9.17) is 0 Å². The summed E-state index contributed by atoms with van der Waals surface area (Å²) in [4.78, 5) is 21.6. The maximum absolute atomic E-state index is 13.1. The fourth-order valence-electron chi connectivity index (χ4n) is 3.54. The molecule has 2 aromatic heterocycles. The van der Waals surface area contributed by atoms with Gasteiger partial charge in [-0.1, -0.05) is 12.1 Å². The molecular weight excluding hydrogens is 442 g/mol. The van der Waals surface area contributed by atoms with Gasteiger partial charge in [0.2, 0.25) is 20.0 Å². The molecule has 0 saturated carbocycles. The number of nitrogens with one attached hydrogen (secondary N) is 2. The fourth-order valence-corrected chi connectivity index (χ4v) is 5.69. The van der Waals surface area contributed by atoms with Gasteiger partial charge in [-0.2, -0.15) is 4.31 Å². The Bertz CT molecular complexity index is 1340. The summed E-state index contributed by atoms with van der Waals surface area (Å²) >= 11 is 0. The number of carbonyl (C=O) groups is 1. The van der Waals surface area contributed by atoms with Crippen LogP contribution in [-0.2, 0) is 20.0 Å². The molecule has 0 radical (unpaired) electrons. The van der Waals surface area contributed by atoms with Gasteiger partial charge in [-0.25, -0.2) is 21.8 Å². The summed E-state index contributed by atoms with van der Waals surface area (Å²) < 4.78 is 53.1. The number of fused-ring (bicyclic) bond motifs is 1. The number of carbonyl (C=O) groups excluding carboxylic acids is 1. The number of sulfonamides is 2. The molecule has 0 atom stereocenters. The molecular formula is C19H21N5O5S2.